The van der Waals surface area contributed by atoms with Crippen LogP contribution in [-0.4, -0.2) is 44.5 Å². The Hall–Kier alpha value is -2.96. The standard InChI is InChI=1S/C25H24ClN5O/c26-20-8-6-18(7-9-20)24-19(15-31(28-24)21-4-2-1-3-5-21)14-23-27-25(29-32-23)22-16-30-12-10-17(22)11-13-30/h1-9,15,17,22H,10-14,16H2. The Morgan fingerprint density at radius 2 is 1.78 bits per heavy atom. The molecule has 3 aliphatic heterocycles. The smallest absolute Gasteiger partial charge is 0.231 e. The van der Waals surface area contributed by atoms with E-state index in [2.05, 4.69) is 16.3 Å². The Labute approximate surface area is 191 Å². The SMILES string of the molecule is Clc1ccc(-c2nn(-c3ccccc3)cc2Cc2nc(C3CN4CCC3CC4)no2)cc1. The van der Waals surface area contributed by atoms with Crippen molar-refractivity contribution in [2.75, 3.05) is 19.6 Å². The summed E-state index contributed by atoms with van der Waals surface area (Å²) >= 11 is 6.11. The molecule has 3 saturated heterocycles. The van der Waals surface area contributed by atoms with Gasteiger partial charge in [-0.15, -0.1) is 0 Å². The third-order valence-corrected chi connectivity index (χ3v) is 6.99. The first kappa shape index (κ1) is 19.7. The van der Waals surface area contributed by atoms with Gasteiger partial charge in [-0.25, -0.2) is 4.68 Å². The quantitative estimate of drug-likeness (QED) is 0.433. The molecule has 2 aromatic carbocycles. The lowest BCUT2D eigenvalue weighted by Gasteiger charge is -2.43. The molecule has 0 radical (unpaired) electrons. The van der Waals surface area contributed by atoms with Gasteiger partial charge in [0, 0.05) is 34.8 Å². The Morgan fingerprint density at radius 3 is 2.50 bits per heavy atom. The molecule has 0 N–H and O–H groups in total. The second-order valence-corrected chi connectivity index (χ2v) is 9.19. The molecule has 0 amide bonds. The highest BCUT2D eigenvalue weighted by molar-refractivity contribution is 6.30. The maximum absolute atomic E-state index is 6.11. The number of para-hydroxylation sites is 1. The molecule has 5 heterocycles. The molecule has 3 aliphatic rings. The Morgan fingerprint density at radius 1 is 1.00 bits per heavy atom. The van der Waals surface area contributed by atoms with Crippen LogP contribution in [0.1, 0.15) is 36.0 Å². The number of fused-ring (bicyclic) bond motifs is 3. The maximum Gasteiger partial charge on any atom is 0.231 e. The van der Waals surface area contributed by atoms with Gasteiger partial charge >= 0.3 is 0 Å². The van der Waals surface area contributed by atoms with E-state index in [1.54, 1.807) is 0 Å². The molecule has 32 heavy (non-hydrogen) atoms. The van der Waals surface area contributed by atoms with Gasteiger partial charge in [-0.3, -0.25) is 0 Å². The van der Waals surface area contributed by atoms with Crippen molar-refractivity contribution in [3.05, 3.63) is 83.1 Å². The van der Waals surface area contributed by atoms with Crippen LogP contribution < -0.4 is 0 Å². The van der Waals surface area contributed by atoms with E-state index >= 15 is 0 Å². The number of hydrogen-bond donors (Lipinski definition) is 0. The van der Waals surface area contributed by atoms with Crippen molar-refractivity contribution >= 4 is 11.6 Å². The van der Waals surface area contributed by atoms with Gasteiger partial charge in [0.1, 0.15) is 0 Å². The third-order valence-electron chi connectivity index (χ3n) is 6.74. The van der Waals surface area contributed by atoms with E-state index in [0.29, 0.717) is 29.2 Å². The van der Waals surface area contributed by atoms with Crippen LogP contribution in [0.5, 0.6) is 0 Å². The van der Waals surface area contributed by atoms with Crippen molar-refractivity contribution in [1.82, 2.24) is 24.8 Å². The van der Waals surface area contributed by atoms with Gasteiger partial charge in [0.05, 0.1) is 17.8 Å². The molecule has 1 atom stereocenters. The van der Waals surface area contributed by atoms with E-state index < -0.39 is 0 Å². The molecule has 3 fully saturated rings. The van der Waals surface area contributed by atoms with Crippen molar-refractivity contribution in [3.8, 4) is 16.9 Å². The second kappa shape index (κ2) is 8.19. The summed E-state index contributed by atoms with van der Waals surface area (Å²) in [4.78, 5) is 7.33. The zero-order chi connectivity index (χ0) is 21.5. The van der Waals surface area contributed by atoms with E-state index in [4.69, 9.17) is 26.2 Å². The molecule has 7 heteroatoms. The van der Waals surface area contributed by atoms with E-state index in [9.17, 15) is 0 Å². The van der Waals surface area contributed by atoms with Gasteiger partial charge in [-0.05, 0) is 56.1 Å². The molecular weight excluding hydrogens is 422 g/mol. The summed E-state index contributed by atoms with van der Waals surface area (Å²) in [5, 5.41) is 9.96. The number of aromatic nitrogens is 4. The van der Waals surface area contributed by atoms with Crippen molar-refractivity contribution in [2.45, 2.75) is 25.2 Å². The summed E-state index contributed by atoms with van der Waals surface area (Å²) in [5.41, 5.74) is 3.96. The number of rotatable bonds is 5. The molecular formula is C25H24ClN5O. The van der Waals surface area contributed by atoms with E-state index in [1.165, 1.54) is 25.9 Å². The molecule has 1 unspecified atom stereocenters. The molecule has 2 bridgehead atoms. The van der Waals surface area contributed by atoms with Gasteiger partial charge in [-0.1, -0.05) is 47.1 Å². The van der Waals surface area contributed by atoms with Crippen LogP contribution in [0.3, 0.4) is 0 Å². The zero-order valence-corrected chi connectivity index (χ0v) is 18.4. The lowest BCUT2D eigenvalue weighted by atomic mass is 9.79. The van der Waals surface area contributed by atoms with Crippen LogP contribution in [0.4, 0.5) is 0 Å². The van der Waals surface area contributed by atoms with Crippen LogP contribution in [0.15, 0.2) is 65.3 Å². The Balaban J connectivity index is 1.32. The zero-order valence-electron chi connectivity index (χ0n) is 17.7. The first-order valence-electron chi connectivity index (χ1n) is 11.2. The molecule has 6 nitrogen and oxygen atoms in total. The van der Waals surface area contributed by atoms with Gasteiger partial charge in [-0.2, -0.15) is 10.1 Å². The van der Waals surface area contributed by atoms with E-state index in [1.807, 2.05) is 59.3 Å². The minimum absolute atomic E-state index is 0.387. The predicted octanol–water partition coefficient (Wildman–Crippen LogP) is 4.98. The molecule has 4 aromatic rings. The fraction of sp³-hybridized carbons (Fsp3) is 0.320. The molecule has 0 saturated carbocycles. The first-order valence-corrected chi connectivity index (χ1v) is 11.6. The number of piperidine rings is 3. The predicted molar refractivity (Wildman–Crippen MR) is 123 cm³/mol. The van der Waals surface area contributed by atoms with Crippen molar-refractivity contribution in [1.29, 1.82) is 0 Å². The average Bonchev–Trinajstić information content (AvgIpc) is 3.49. The maximum atomic E-state index is 6.11. The van der Waals surface area contributed by atoms with Crippen molar-refractivity contribution in [3.63, 3.8) is 0 Å². The van der Waals surface area contributed by atoms with Gasteiger partial charge in [0.15, 0.2) is 5.82 Å². The first-order chi connectivity index (χ1) is 15.7. The summed E-state index contributed by atoms with van der Waals surface area (Å²) in [6.07, 6.45) is 5.06. The lowest BCUT2D eigenvalue weighted by molar-refractivity contribution is 0.0825. The highest BCUT2D eigenvalue weighted by atomic mass is 35.5. The molecule has 0 aliphatic carbocycles. The third kappa shape index (κ3) is 3.74. The summed E-state index contributed by atoms with van der Waals surface area (Å²) < 4.78 is 7.62. The topological polar surface area (TPSA) is 60.0 Å². The van der Waals surface area contributed by atoms with Crippen molar-refractivity contribution in [2.24, 2.45) is 5.92 Å². The highest BCUT2D eigenvalue weighted by Gasteiger charge is 2.37. The van der Waals surface area contributed by atoms with Gasteiger partial charge < -0.3 is 9.42 Å². The monoisotopic (exact) mass is 445 g/mol. The summed E-state index contributed by atoms with van der Waals surface area (Å²) in [6.45, 7) is 3.45. The lowest BCUT2D eigenvalue weighted by Crippen LogP contribution is -2.46. The minimum Gasteiger partial charge on any atom is -0.339 e. The van der Waals surface area contributed by atoms with Crippen LogP contribution in [0.2, 0.25) is 5.02 Å². The Kier molecular flexibility index (Phi) is 5.04. The minimum atomic E-state index is 0.387. The molecule has 2 aromatic heterocycles. The fourth-order valence-electron chi connectivity index (χ4n) is 5.01. The summed E-state index contributed by atoms with van der Waals surface area (Å²) in [6, 6.07) is 17.9. The van der Waals surface area contributed by atoms with Crippen LogP contribution in [0, 0.1) is 5.92 Å². The van der Waals surface area contributed by atoms with Crippen LogP contribution in [0.25, 0.3) is 16.9 Å². The molecule has 7 rings (SSSR count). The fourth-order valence-corrected chi connectivity index (χ4v) is 5.14. The average molecular weight is 446 g/mol. The second-order valence-electron chi connectivity index (χ2n) is 8.76. The molecule has 162 valence electrons. The van der Waals surface area contributed by atoms with E-state index in [0.717, 1.165) is 34.9 Å². The largest absolute Gasteiger partial charge is 0.339 e. The van der Waals surface area contributed by atoms with Crippen LogP contribution >= 0.6 is 11.6 Å². The molecule has 0 spiro atoms. The van der Waals surface area contributed by atoms with Gasteiger partial charge in [0.25, 0.3) is 0 Å². The number of hydrogen-bond acceptors (Lipinski definition) is 5. The number of nitrogens with zero attached hydrogens (tertiary/aromatic N) is 5. The normalized spacial score (nSPS) is 22.3. The van der Waals surface area contributed by atoms with E-state index in [-0.39, 0.29) is 0 Å². The Bertz CT molecular complexity index is 1210. The van der Waals surface area contributed by atoms with Crippen molar-refractivity contribution < 1.29 is 4.52 Å². The number of benzene rings is 2. The van der Waals surface area contributed by atoms with Gasteiger partial charge in [0.2, 0.25) is 5.89 Å². The highest BCUT2D eigenvalue weighted by Crippen LogP contribution is 2.38. The van der Waals surface area contributed by atoms with Crippen LogP contribution in [-0.2, 0) is 6.42 Å². The summed E-state index contributed by atoms with van der Waals surface area (Å²) in [7, 11) is 0. The number of halogens is 1. The summed E-state index contributed by atoms with van der Waals surface area (Å²) in [5.74, 6) is 2.56.